The van der Waals surface area contributed by atoms with Gasteiger partial charge in [-0.2, -0.15) is 20.7 Å². The van der Waals surface area contributed by atoms with Gasteiger partial charge in [-0.15, -0.1) is 0 Å². The van der Waals surface area contributed by atoms with Crippen molar-refractivity contribution < 1.29 is 84.0 Å². The van der Waals surface area contributed by atoms with Crippen molar-refractivity contribution in [2.24, 2.45) is 0 Å². The van der Waals surface area contributed by atoms with Crippen molar-refractivity contribution in [2.75, 3.05) is 64.3 Å². The first kappa shape index (κ1) is 98.6. The number of nitrogen functional groups attached to an aromatic ring is 2. The van der Waals surface area contributed by atoms with E-state index in [2.05, 4.69) is 46.2 Å². The standard InChI is InChI=1S/C49H69ClN5O9P.C43H66N5O9P/c1-4-5-6-7-8-9-10-11-12-13-14-15-16-17-18-24-31-57-33-39(58-32-38-25-20-19-21-26-38)34-59-65(56,64-42-28-23-22-27-40(42)50)60-35-43-45-46(63-48(2,3)62-45)49(36-51,61-43)44-30-29-41-47(52)53-37-54-55(41)44;1-4-5-6-7-8-9-10-11-12-13-14-15-16-17-18-22-27-51-29-35(52-28-34-23-20-19-21-24-34)30-53-58(49,50)54-31-37-39-40(57-42(2,3)56-39)43(32-44,55-37)38-26-25-36-41(45)46-33-47-48(36)38/h19-23,25-30,37,39,43,45-46H,4-18,24,31-35H2,1-3H3,(H2,52,53,54);19-21,23-26,33,35,37,39-40H,4-18,22,27-31H2,1-3H3,(H,49,50)(H2,45,46,47)/t39-,43-,45-,46-,49+,65?;35-,37-,39-,40-,43+/m11/s1. The number of nitrogens with zero attached hydrogens (tertiary/aromatic N) is 8. The third-order valence-electron chi connectivity index (χ3n) is 22.8. The molecule has 5 N–H and O–H groups in total. The normalized spacial score (nSPS) is 22.2. The lowest BCUT2D eigenvalue weighted by Crippen LogP contribution is -2.40. The predicted molar refractivity (Wildman–Crippen MR) is 471 cm³/mol. The van der Waals surface area contributed by atoms with Gasteiger partial charge in [0.25, 0.3) is 0 Å². The van der Waals surface area contributed by atoms with Crippen LogP contribution in [0.4, 0.5) is 11.6 Å². The van der Waals surface area contributed by atoms with Crippen molar-refractivity contribution in [1.29, 1.82) is 10.5 Å². The lowest BCUT2D eigenvalue weighted by atomic mass is 9.92. The van der Waals surface area contributed by atoms with Crippen LogP contribution in [0.5, 0.6) is 5.75 Å². The van der Waals surface area contributed by atoms with E-state index in [1.165, 1.54) is 201 Å². The summed E-state index contributed by atoms with van der Waals surface area (Å²) in [6.45, 7) is 12.3. The number of fused-ring (bicyclic) bond motifs is 4. The van der Waals surface area contributed by atoms with E-state index >= 15 is 0 Å². The first-order chi connectivity index (χ1) is 59.6. The molecule has 31 heteroatoms. The van der Waals surface area contributed by atoms with Crippen LogP contribution in [0, 0.1) is 22.7 Å². The van der Waals surface area contributed by atoms with Crippen molar-refractivity contribution in [3.05, 3.63) is 149 Å². The molecule has 0 aliphatic carbocycles. The first-order valence-electron chi connectivity index (χ1n) is 45.1. The fraction of sp³-hybridized carbons (Fsp3) is 0.652. The summed E-state index contributed by atoms with van der Waals surface area (Å²) < 4.78 is 122. The van der Waals surface area contributed by atoms with Gasteiger partial charge >= 0.3 is 15.6 Å². The number of unbranched alkanes of at least 4 members (excludes halogenated alkanes) is 30. The van der Waals surface area contributed by atoms with Crippen LogP contribution >= 0.6 is 27.2 Å². The molecule has 0 bridgehead atoms. The van der Waals surface area contributed by atoms with Crippen LogP contribution in [0.25, 0.3) is 11.0 Å². The maximum Gasteiger partial charge on any atom is 0.530 e. The molecule has 123 heavy (non-hydrogen) atoms. The summed E-state index contributed by atoms with van der Waals surface area (Å²) in [6.07, 6.45) is 37.4. The number of phosphoric acid groups is 2. The number of anilines is 2. The fourth-order valence-corrected chi connectivity index (χ4v) is 18.4. The molecule has 2 unspecified atom stereocenters. The van der Waals surface area contributed by atoms with Crippen LogP contribution in [-0.4, -0.2) is 147 Å². The molecule has 4 aromatic heterocycles. The number of aromatic nitrogens is 6. The zero-order valence-electron chi connectivity index (χ0n) is 73.3. The molecule has 12 atom stereocenters. The minimum atomic E-state index is -4.63. The van der Waals surface area contributed by atoms with E-state index in [0.717, 1.165) is 36.8 Å². The topological polar surface area (TPSA) is 353 Å². The highest BCUT2D eigenvalue weighted by atomic mass is 35.5. The summed E-state index contributed by atoms with van der Waals surface area (Å²) in [4.78, 5) is 18.9. The summed E-state index contributed by atoms with van der Waals surface area (Å²) in [6, 6.07) is 37.3. The molecule has 7 aromatic rings. The summed E-state index contributed by atoms with van der Waals surface area (Å²) in [5, 5.41) is 30.2. The average molecular weight is 1770 g/mol. The maximum absolute atomic E-state index is 14.8. The highest BCUT2D eigenvalue weighted by Crippen LogP contribution is 2.56. The van der Waals surface area contributed by atoms with E-state index in [4.69, 9.17) is 93.1 Å². The van der Waals surface area contributed by atoms with E-state index in [0.29, 0.717) is 35.6 Å². The Hall–Kier alpha value is -6.57. The monoisotopic (exact) mass is 1760 g/mol. The van der Waals surface area contributed by atoms with Crippen LogP contribution in [0.15, 0.2) is 122 Å². The highest BCUT2D eigenvalue weighted by Gasteiger charge is 2.67. The lowest BCUT2D eigenvalue weighted by Gasteiger charge is -2.29. The summed E-state index contributed by atoms with van der Waals surface area (Å²) in [5.41, 5.74) is 12.3. The second-order valence-corrected chi connectivity index (χ2v) is 37.0. The van der Waals surface area contributed by atoms with Crippen LogP contribution in [0.3, 0.4) is 0 Å². The van der Waals surface area contributed by atoms with Gasteiger partial charge in [0.2, 0.25) is 11.2 Å². The van der Waals surface area contributed by atoms with Gasteiger partial charge in [-0.25, -0.2) is 28.1 Å². The Morgan fingerprint density at radius 3 is 1.22 bits per heavy atom. The molecule has 11 rings (SSSR count). The maximum atomic E-state index is 14.8. The minimum Gasteiger partial charge on any atom is -0.402 e. The van der Waals surface area contributed by atoms with Gasteiger partial charge in [-0.05, 0) is 88.1 Å². The van der Waals surface area contributed by atoms with E-state index in [1.54, 1.807) is 76.2 Å². The molecule has 28 nitrogen and oxygen atoms in total. The van der Waals surface area contributed by atoms with Crippen molar-refractivity contribution in [3.8, 4) is 17.9 Å². The molecule has 8 heterocycles. The quantitative estimate of drug-likeness (QED) is 0.0235. The number of phosphoric ester groups is 2. The van der Waals surface area contributed by atoms with E-state index < -0.39 is 93.9 Å². The number of nitriles is 2. The number of benzene rings is 3. The number of hydrogen-bond acceptors (Lipinski definition) is 25. The Morgan fingerprint density at radius 2 is 0.829 bits per heavy atom. The molecule has 3 aromatic carbocycles. The molecular weight excluding hydrogens is 1630 g/mol. The van der Waals surface area contributed by atoms with Crippen molar-refractivity contribution in [2.45, 2.75) is 332 Å². The third-order valence-corrected chi connectivity index (χ3v) is 25.4. The molecule has 0 amide bonds. The summed E-state index contributed by atoms with van der Waals surface area (Å²) in [5.74, 6) is -1.62. The zero-order valence-corrected chi connectivity index (χ0v) is 75.8. The van der Waals surface area contributed by atoms with Crippen LogP contribution in [0.1, 0.15) is 270 Å². The van der Waals surface area contributed by atoms with Gasteiger partial charge in [-0.1, -0.05) is 291 Å². The predicted octanol–water partition coefficient (Wildman–Crippen LogP) is 20.6. The molecule has 0 saturated carbocycles. The van der Waals surface area contributed by atoms with E-state index in [1.807, 2.05) is 60.7 Å². The zero-order chi connectivity index (χ0) is 87.2. The highest BCUT2D eigenvalue weighted by molar-refractivity contribution is 7.49. The van der Waals surface area contributed by atoms with Crippen molar-refractivity contribution in [3.63, 3.8) is 0 Å². The Labute approximate surface area is 733 Å². The number of halogens is 1. The lowest BCUT2D eigenvalue weighted by molar-refractivity contribution is -0.204. The molecule has 4 aliphatic heterocycles. The third kappa shape index (κ3) is 30.3. The van der Waals surface area contributed by atoms with Gasteiger partial charge in [0, 0.05) is 13.2 Å². The van der Waals surface area contributed by atoms with Crippen LogP contribution in [-0.2, 0) is 99.0 Å². The number of ether oxygens (including phenoxy) is 10. The second kappa shape index (κ2) is 50.8. The van der Waals surface area contributed by atoms with Gasteiger partial charge in [0.15, 0.2) is 23.2 Å². The Balaban J connectivity index is 0.000000259. The number of para-hydroxylation sites is 1. The number of hydrogen-bond donors (Lipinski definition) is 3. The largest absolute Gasteiger partial charge is 0.530 e. The summed E-state index contributed by atoms with van der Waals surface area (Å²) >= 11 is 6.48. The molecule has 678 valence electrons. The number of nitrogens with two attached hydrogens (primary N) is 2. The van der Waals surface area contributed by atoms with E-state index in [-0.39, 0.29) is 68.7 Å². The van der Waals surface area contributed by atoms with Crippen molar-refractivity contribution >= 4 is 49.9 Å². The van der Waals surface area contributed by atoms with Crippen LogP contribution in [0.2, 0.25) is 5.02 Å². The van der Waals surface area contributed by atoms with Gasteiger partial charge in [0.1, 0.15) is 90.4 Å². The molecule has 4 fully saturated rings. The van der Waals surface area contributed by atoms with Gasteiger partial charge in [0.05, 0.1) is 69.3 Å². The molecule has 4 saturated heterocycles. The molecular formula is C92H135ClN10O18P2. The Morgan fingerprint density at radius 1 is 0.463 bits per heavy atom. The van der Waals surface area contributed by atoms with Crippen LogP contribution < -0.4 is 16.0 Å². The first-order valence-corrected chi connectivity index (χ1v) is 48.5. The Kier molecular flexibility index (Phi) is 40.8. The molecule has 0 radical (unpaired) electrons. The number of rotatable bonds is 60. The smallest absolute Gasteiger partial charge is 0.402 e. The molecule has 0 spiro atoms. The average Bonchev–Trinajstić information content (AvgIpc) is 1.56. The SMILES string of the molecule is CCCCCCCCCCCCCCCCCCOC[C@H](COP(=O)(O)OC[C@H]1O[C@@](C#N)(c2ccc3c(N)ncnn23)[C@@H]2OC(C)(C)O[C@@H]21)OCc1ccccc1.CCCCCCCCCCCCCCCCCCOC[C@H](COP(=O)(OC[C@H]1O[C@@](C#N)(c2ccc3c(N)ncnn23)[C@@H]2OC(C)(C)O[C@@H]21)Oc1ccccc1Cl)OCc1ccccc1. The Bertz CT molecular complexity index is 4410. The van der Waals surface area contributed by atoms with Gasteiger partial charge < -0.3 is 68.3 Å². The minimum absolute atomic E-state index is 0.0918. The fourth-order valence-electron chi connectivity index (χ4n) is 16.2. The van der Waals surface area contributed by atoms with Crippen molar-refractivity contribution in [1.82, 2.24) is 29.2 Å². The second-order valence-electron chi connectivity index (χ2n) is 33.6. The van der Waals surface area contributed by atoms with E-state index in [9.17, 15) is 24.5 Å². The molecule has 4 aliphatic rings. The summed E-state index contributed by atoms with van der Waals surface area (Å²) in [7, 11) is -9.13. The van der Waals surface area contributed by atoms with Gasteiger partial charge in [-0.3, -0.25) is 18.1 Å².